The molecule has 0 saturated carbocycles. The molecule has 0 saturated heterocycles. The molecule has 2 rings (SSSR count). The van der Waals surface area contributed by atoms with Gasteiger partial charge in [0, 0.05) is 6.07 Å². The molecule has 0 aliphatic rings. The predicted octanol–water partition coefficient (Wildman–Crippen LogP) is 4.73. The van der Waals surface area contributed by atoms with Gasteiger partial charge in [0.05, 0.1) is 19.3 Å². The summed E-state index contributed by atoms with van der Waals surface area (Å²) in [6.07, 6.45) is -0.561. The van der Waals surface area contributed by atoms with Gasteiger partial charge in [0.1, 0.15) is 11.4 Å². The molecular weight excluding hydrogens is 365 g/mol. The molecule has 0 atom stereocenters. The highest BCUT2D eigenvalue weighted by molar-refractivity contribution is 6.33. The van der Waals surface area contributed by atoms with Crippen LogP contribution >= 0.6 is 23.2 Å². The second kappa shape index (κ2) is 7.89. The van der Waals surface area contributed by atoms with Gasteiger partial charge in [0.25, 0.3) is 0 Å². The van der Waals surface area contributed by atoms with Crippen LogP contribution in [0, 0.1) is 0 Å². The van der Waals surface area contributed by atoms with Crippen molar-refractivity contribution in [3.8, 4) is 5.75 Å². The Kier molecular flexibility index (Phi) is 6.08. The first kappa shape index (κ1) is 19.3. The third-order valence-electron chi connectivity index (χ3n) is 3.10. The summed E-state index contributed by atoms with van der Waals surface area (Å²) in [6, 6.07) is 8.79. The first-order valence-corrected chi connectivity index (χ1v) is 8.27. The molecule has 0 radical (unpaired) electrons. The van der Waals surface area contributed by atoms with Crippen LogP contribution in [0.25, 0.3) is 0 Å². The number of carbonyl (C=O) groups is 1. The molecule has 134 valence electrons. The second-order valence-electron chi connectivity index (χ2n) is 6.26. The predicted molar refractivity (Wildman–Crippen MR) is 97.5 cm³/mol. The van der Waals surface area contributed by atoms with Crippen molar-refractivity contribution in [1.29, 1.82) is 0 Å². The topological polar surface area (TPSA) is 64.5 Å². The zero-order valence-electron chi connectivity index (χ0n) is 14.4. The zero-order chi connectivity index (χ0) is 18.6. The number of aromatic nitrogens is 2. The molecule has 2 aromatic rings. The highest BCUT2D eigenvalue weighted by Gasteiger charge is 2.26. The van der Waals surface area contributed by atoms with Gasteiger partial charge in [-0.15, -0.1) is 10.2 Å². The number of rotatable bonds is 4. The number of anilines is 1. The van der Waals surface area contributed by atoms with E-state index in [4.69, 9.17) is 32.7 Å². The summed E-state index contributed by atoms with van der Waals surface area (Å²) in [4.78, 5) is 14.1. The molecule has 0 N–H and O–H groups in total. The maximum absolute atomic E-state index is 12.7. The monoisotopic (exact) mass is 383 g/mol. The van der Waals surface area contributed by atoms with E-state index in [0.717, 1.165) is 11.3 Å². The molecule has 0 unspecified atom stereocenters. The van der Waals surface area contributed by atoms with E-state index in [-0.39, 0.29) is 16.9 Å². The minimum atomic E-state index is -0.661. The van der Waals surface area contributed by atoms with Gasteiger partial charge < -0.3 is 9.47 Å². The average molecular weight is 384 g/mol. The number of amides is 1. The maximum atomic E-state index is 12.7. The summed E-state index contributed by atoms with van der Waals surface area (Å²) in [7, 11) is 1.59. The highest BCUT2D eigenvalue weighted by Crippen LogP contribution is 2.29. The molecule has 25 heavy (non-hydrogen) atoms. The van der Waals surface area contributed by atoms with Crippen molar-refractivity contribution in [3.63, 3.8) is 0 Å². The van der Waals surface area contributed by atoms with Crippen LogP contribution < -0.4 is 9.64 Å². The summed E-state index contributed by atoms with van der Waals surface area (Å²) >= 11 is 12.0. The minimum Gasteiger partial charge on any atom is -0.497 e. The largest absolute Gasteiger partial charge is 0.497 e. The average Bonchev–Trinajstić information content (AvgIpc) is 2.54. The number of carbonyl (C=O) groups excluding carboxylic acids is 1. The van der Waals surface area contributed by atoms with E-state index in [2.05, 4.69) is 10.2 Å². The van der Waals surface area contributed by atoms with Gasteiger partial charge in [0.2, 0.25) is 0 Å². The van der Waals surface area contributed by atoms with E-state index in [1.165, 1.54) is 11.0 Å². The molecule has 0 aliphatic heterocycles. The zero-order valence-corrected chi connectivity index (χ0v) is 15.9. The van der Waals surface area contributed by atoms with E-state index in [1.807, 2.05) is 24.3 Å². The summed E-state index contributed by atoms with van der Waals surface area (Å²) in [5, 5.41) is 7.62. The number of methoxy groups -OCH3 is 1. The van der Waals surface area contributed by atoms with E-state index < -0.39 is 11.7 Å². The number of benzene rings is 1. The van der Waals surface area contributed by atoms with Gasteiger partial charge >= 0.3 is 6.09 Å². The van der Waals surface area contributed by atoms with Gasteiger partial charge in [-0.25, -0.2) is 4.79 Å². The highest BCUT2D eigenvalue weighted by atomic mass is 35.5. The van der Waals surface area contributed by atoms with Crippen LogP contribution in [0.1, 0.15) is 26.3 Å². The van der Waals surface area contributed by atoms with Gasteiger partial charge in [-0.1, -0.05) is 35.3 Å². The Bertz CT molecular complexity index is 746. The maximum Gasteiger partial charge on any atom is 0.415 e. The molecule has 1 heterocycles. The Balaban J connectivity index is 2.37. The number of ether oxygens (including phenoxy) is 2. The molecule has 1 aromatic heterocycles. The first-order valence-electron chi connectivity index (χ1n) is 7.52. The Morgan fingerprint density at radius 2 is 1.80 bits per heavy atom. The number of hydrogen-bond donors (Lipinski definition) is 0. The standard InChI is InChI=1S/C17H19Cl2N3O3/c1-17(2,3)25-16(23)22(13-9-14(18)20-21-15(13)19)10-11-5-7-12(24-4)8-6-11/h5-9H,10H2,1-4H3. The smallest absolute Gasteiger partial charge is 0.415 e. The number of hydrogen-bond acceptors (Lipinski definition) is 5. The van der Waals surface area contributed by atoms with E-state index in [9.17, 15) is 4.79 Å². The fourth-order valence-electron chi connectivity index (χ4n) is 2.01. The first-order chi connectivity index (χ1) is 11.7. The van der Waals surface area contributed by atoms with Gasteiger partial charge in [-0.05, 0) is 38.5 Å². The Morgan fingerprint density at radius 3 is 2.36 bits per heavy atom. The lowest BCUT2D eigenvalue weighted by Gasteiger charge is -2.27. The SMILES string of the molecule is COc1ccc(CN(C(=O)OC(C)(C)C)c2cc(Cl)nnc2Cl)cc1. The van der Waals surface area contributed by atoms with Crippen molar-refractivity contribution in [2.24, 2.45) is 0 Å². The lowest BCUT2D eigenvalue weighted by molar-refractivity contribution is 0.0577. The van der Waals surface area contributed by atoms with Crippen LogP contribution in [0.3, 0.4) is 0 Å². The molecule has 0 aliphatic carbocycles. The molecule has 0 fully saturated rings. The third kappa shape index (κ3) is 5.47. The molecule has 6 nitrogen and oxygen atoms in total. The Morgan fingerprint density at radius 1 is 1.16 bits per heavy atom. The van der Waals surface area contributed by atoms with E-state index in [0.29, 0.717) is 5.69 Å². The van der Waals surface area contributed by atoms with Crippen LogP contribution in [0.15, 0.2) is 30.3 Å². The van der Waals surface area contributed by atoms with Crippen molar-refractivity contribution >= 4 is 35.0 Å². The summed E-state index contributed by atoms with van der Waals surface area (Å²) in [5.41, 5.74) is 0.522. The molecule has 0 spiro atoms. The van der Waals surface area contributed by atoms with Gasteiger partial charge in [0.15, 0.2) is 10.3 Å². The minimum absolute atomic E-state index is 0.0590. The lowest BCUT2D eigenvalue weighted by atomic mass is 10.2. The van der Waals surface area contributed by atoms with Crippen LogP contribution in [-0.2, 0) is 11.3 Å². The Labute approximate surface area is 156 Å². The summed E-state index contributed by atoms with van der Waals surface area (Å²) in [5.74, 6) is 0.722. The lowest BCUT2D eigenvalue weighted by Crippen LogP contribution is -2.36. The van der Waals surface area contributed by atoms with Gasteiger partial charge in [-0.3, -0.25) is 4.90 Å². The van der Waals surface area contributed by atoms with Crippen molar-refractivity contribution in [2.45, 2.75) is 32.9 Å². The van der Waals surface area contributed by atoms with Crippen LogP contribution in [-0.4, -0.2) is 29.0 Å². The molecule has 8 heteroatoms. The van der Waals surface area contributed by atoms with E-state index >= 15 is 0 Å². The van der Waals surface area contributed by atoms with Crippen LogP contribution in [0.5, 0.6) is 5.75 Å². The van der Waals surface area contributed by atoms with Crippen molar-refractivity contribution in [2.75, 3.05) is 12.0 Å². The Hall–Kier alpha value is -2.05. The summed E-state index contributed by atoms with van der Waals surface area (Å²) < 4.78 is 10.6. The van der Waals surface area contributed by atoms with Crippen LogP contribution in [0.4, 0.5) is 10.5 Å². The third-order valence-corrected chi connectivity index (χ3v) is 3.56. The fraction of sp³-hybridized carbons (Fsp3) is 0.353. The molecule has 1 aromatic carbocycles. The van der Waals surface area contributed by atoms with Crippen molar-refractivity contribution < 1.29 is 14.3 Å². The number of nitrogens with zero attached hydrogens (tertiary/aromatic N) is 3. The fourth-order valence-corrected chi connectivity index (χ4v) is 2.35. The molecule has 1 amide bonds. The molecule has 0 bridgehead atoms. The summed E-state index contributed by atoms with van der Waals surface area (Å²) in [6.45, 7) is 5.59. The quantitative estimate of drug-likeness (QED) is 0.762. The van der Waals surface area contributed by atoms with E-state index in [1.54, 1.807) is 27.9 Å². The van der Waals surface area contributed by atoms with Crippen molar-refractivity contribution in [1.82, 2.24) is 10.2 Å². The van der Waals surface area contributed by atoms with Crippen LogP contribution in [0.2, 0.25) is 10.3 Å². The number of halogens is 2. The molecular formula is C17H19Cl2N3O3. The second-order valence-corrected chi connectivity index (χ2v) is 7.00. The van der Waals surface area contributed by atoms with Crippen molar-refractivity contribution in [3.05, 3.63) is 46.2 Å². The van der Waals surface area contributed by atoms with Gasteiger partial charge in [-0.2, -0.15) is 0 Å². The normalized spacial score (nSPS) is 11.1.